The molecule has 1 aromatic rings. The Bertz CT molecular complexity index is 360. The summed E-state index contributed by atoms with van der Waals surface area (Å²) in [7, 11) is 1.58. The highest BCUT2D eigenvalue weighted by Crippen LogP contribution is 2.29. The fourth-order valence-electron chi connectivity index (χ4n) is 0.944. The van der Waals surface area contributed by atoms with E-state index in [2.05, 4.69) is 15.9 Å². The van der Waals surface area contributed by atoms with Crippen molar-refractivity contribution in [3.63, 3.8) is 0 Å². The van der Waals surface area contributed by atoms with Gasteiger partial charge in [-0.15, -0.1) is 0 Å². The molecule has 0 N–H and O–H groups in total. The van der Waals surface area contributed by atoms with Crippen molar-refractivity contribution in [2.75, 3.05) is 7.11 Å². The molecule has 0 heterocycles. The molecule has 0 aliphatic rings. The standard InChI is InChI=1S/C10H10BrNO2/c1-7(6-12)14-8-3-4-9(11)10(5-8)13-2/h3-5,7H,1-2H3. The first-order valence-corrected chi connectivity index (χ1v) is 4.86. The largest absolute Gasteiger partial charge is 0.495 e. The van der Waals surface area contributed by atoms with Crippen molar-refractivity contribution in [3.8, 4) is 17.6 Å². The summed E-state index contributed by atoms with van der Waals surface area (Å²) in [6.45, 7) is 1.69. The predicted octanol–water partition coefficient (Wildman–Crippen LogP) is 2.75. The van der Waals surface area contributed by atoms with Gasteiger partial charge in [0, 0.05) is 6.07 Å². The quantitative estimate of drug-likeness (QED) is 0.834. The summed E-state index contributed by atoms with van der Waals surface area (Å²) in [6, 6.07) is 7.32. The van der Waals surface area contributed by atoms with E-state index in [1.54, 1.807) is 26.2 Å². The molecule has 0 amide bonds. The lowest BCUT2D eigenvalue weighted by molar-refractivity contribution is 0.274. The number of methoxy groups -OCH3 is 1. The van der Waals surface area contributed by atoms with Gasteiger partial charge >= 0.3 is 0 Å². The lowest BCUT2D eigenvalue weighted by Gasteiger charge is -2.09. The minimum Gasteiger partial charge on any atom is -0.495 e. The van der Waals surface area contributed by atoms with Crippen LogP contribution < -0.4 is 9.47 Å². The number of rotatable bonds is 3. The first-order valence-electron chi connectivity index (χ1n) is 4.07. The number of hydrogen-bond acceptors (Lipinski definition) is 3. The maximum atomic E-state index is 8.56. The van der Waals surface area contributed by atoms with E-state index in [1.165, 1.54) is 0 Å². The smallest absolute Gasteiger partial charge is 0.181 e. The van der Waals surface area contributed by atoms with Crippen LogP contribution in [0, 0.1) is 11.3 Å². The van der Waals surface area contributed by atoms with Crippen molar-refractivity contribution in [1.82, 2.24) is 0 Å². The Balaban J connectivity index is 2.85. The number of halogens is 1. The molecule has 0 bridgehead atoms. The van der Waals surface area contributed by atoms with Gasteiger partial charge in [-0.25, -0.2) is 0 Å². The van der Waals surface area contributed by atoms with Crippen LogP contribution in [-0.2, 0) is 0 Å². The molecule has 3 nitrogen and oxygen atoms in total. The molecule has 1 atom stereocenters. The van der Waals surface area contributed by atoms with Crippen molar-refractivity contribution in [1.29, 1.82) is 5.26 Å². The molecule has 0 aliphatic carbocycles. The molecule has 1 unspecified atom stereocenters. The number of benzene rings is 1. The minimum atomic E-state index is -0.458. The lowest BCUT2D eigenvalue weighted by Crippen LogP contribution is -2.07. The van der Waals surface area contributed by atoms with Crippen LogP contribution in [0.25, 0.3) is 0 Å². The number of nitrogens with zero attached hydrogens (tertiary/aromatic N) is 1. The summed E-state index contributed by atoms with van der Waals surface area (Å²) in [5.74, 6) is 1.31. The van der Waals surface area contributed by atoms with E-state index >= 15 is 0 Å². The van der Waals surface area contributed by atoms with E-state index in [0.29, 0.717) is 11.5 Å². The predicted molar refractivity (Wildman–Crippen MR) is 56.4 cm³/mol. The van der Waals surface area contributed by atoms with Crippen LogP contribution in [0.3, 0.4) is 0 Å². The Morgan fingerprint density at radius 2 is 2.21 bits per heavy atom. The Kier molecular flexibility index (Phi) is 3.78. The van der Waals surface area contributed by atoms with Gasteiger partial charge in [-0.1, -0.05) is 0 Å². The van der Waals surface area contributed by atoms with E-state index < -0.39 is 6.10 Å². The molecule has 1 rings (SSSR count). The third-order valence-corrected chi connectivity index (χ3v) is 2.27. The number of ether oxygens (including phenoxy) is 2. The molecule has 0 saturated carbocycles. The first kappa shape index (κ1) is 10.9. The van der Waals surface area contributed by atoms with E-state index in [-0.39, 0.29) is 0 Å². The summed E-state index contributed by atoms with van der Waals surface area (Å²) in [5.41, 5.74) is 0. The highest BCUT2D eigenvalue weighted by Gasteiger charge is 2.05. The maximum Gasteiger partial charge on any atom is 0.181 e. The molecule has 1 aromatic carbocycles. The molecule has 0 fully saturated rings. The van der Waals surface area contributed by atoms with Gasteiger partial charge in [0.1, 0.15) is 17.6 Å². The molecule has 0 aliphatic heterocycles. The molecular formula is C10H10BrNO2. The Morgan fingerprint density at radius 3 is 2.79 bits per heavy atom. The highest BCUT2D eigenvalue weighted by atomic mass is 79.9. The van der Waals surface area contributed by atoms with Crippen LogP contribution in [0.4, 0.5) is 0 Å². The molecule has 0 radical (unpaired) electrons. The Morgan fingerprint density at radius 1 is 1.50 bits per heavy atom. The van der Waals surface area contributed by atoms with Gasteiger partial charge in [0.15, 0.2) is 6.10 Å². The van der Waals surface area contributed by atoms with Gasteiger partial charge in [0.2, 0.25) is 0 Å². The molecule has 74 valence electrons. The summed E-state index contributed by atoms with van der Waals surface area (Å²) in [6.07, 6.45) is -0.458. The van der Waals surface area contributed by atoms with Gasteiger partial charge in [-0.05, 0) is 35.0 Å². The SMILES string of the molecule is COc1cc(OC(C)C#N)ccc1Br. The summed E-state index contributed by atoms with van der Waals surface area (Å²) < 4.78 is 11.2. The molecular weight excluding hydrogens is 246 g/mol. The highest BCUT2D eigenvalue weighted by molar-refractivity contribution is 9.10. The summed E-state index contributed by atoms with van der Waals surface area (Å²) in [4.78, 5) is 0. The zero-order valence-corrected chi connectivity index (χ0v) is 9.54. The monoisotopic (exact) mass is 255 g/mol. The first-order chi connectivity index (χ1) is 6.67. The second-order valence-electron chi connectivity index (χ2n) is 2.69. The van der Waals surface area contributed by atoms with Crippen LogP contribution in [-0.4, -0.2) is 13.2 Å². The van der Waals surface area contributed by atoms with Crippen LogP contribution in [0.2, 0.25) is 0 Å². The van der Waals surface area contributed by atoms with Gasteiger partial charge in [-0.3, -0.25) is 0 Å². The maximum absolute atomic E-state index is 8.56. The van der Waals surface area contributed by atoms with Crippen molar-refractivity contribution in [2.45, 2.75) is 13.0 Å². The van der Waals surface area contributed by atoms with Gasteiger partial charge in [0.05, 0.1) is 11.6 Å². The molecule has 4 heteroatoms. The van der Waals surface area contributed by atoms with E-state index in [0.717, 1.165) is 4.47 Å². The Labute approximate surface area is 91.4 Å². The molecule has 0 spiro atoms. The van der Waals surface area contributed by atoms with Crippen molar-refractivity contribution >= 4 is 15.9 Å². The molecule has 0 aromatic heterocycles. The van der Waals surface area contributed by atoms with Crippen LogP contribution >= 0.6 is 15.9 Å². The number of nitriles is 1. The fourth-order valence-corrected chi connectivity index (χ4v) is 1.35. The zero-order valence-electron chi connectivity index (χ0n) is 7.95. The lowest BCUT2D eigenvalue weighted by atomic mass is 10.3. The summed E-state index contributed by atoms with van der Waals surface area (Å²) >= 11 is 3.33. The van der Waals surface area contributed by atoms with Crippen molar-refractivity contribution in [2.24, 2.45) is 0 Å². The van der Waals surface area contributed by atoms with Gasteiger partial charge in [-0.2, -0.15) is 5.26 Å². The minimum absolute atomic E-state index is 0.458. The normalized spacial score (nSPS) is 11.6. The third kappa shape index (κ3) is 2.64. The zero-order chi connectivity index (χ0) is 10.6. The Hall–Kier alpha value is -1.21. The van der Waals surface area contributed by atoms with Crippen LogP contribution in [0.15, 0.2) is 22.7 Å². The van der Waals surface area contributed by atoms with Crippen LogP contribution in [0.5, 0.6) is 11.5 Å². The topological polar surface area (TPSA) is 42.2 Å². The molecule has 0 saturated heterocycles. The van der Waals surface area contributed by atoms with Gasteiger partial charge < -0.3 is 9.47 Å². The molecule has 14 heavy (non-hydrogen) atoms. The van der Waals surface area contributed by atoms with E-state index in [1.807, 2.05) is 12.1 Å². The van der Waals surface area contributed by atoms with Crippen molar-refractivity contribution < 1.29 is 9.47 Å². The van der Waals surface area contributed by atoms with Crippen molar-refractivity contribution in [3.05, 3.63) is 22.7 Å². The second-order valence-corrected chi connectivity index (χ2v) is 3.54. The van der Waals surface area contributed by atoms with Gasteiger partial charge in [0.25, 0.3) is 0 Å². The average molecular weight is 256 g/mol. The van der Waals surface area contributed by atoms with E-state index in [4.69, 9.17) is 14.7 Å². The summed E-state index contributed by atoms with van der Waals surface area (Å²) in [5, 5.41) is 8.56. The number of hydrogen-bond donors (Lipinski definition) is 0. The third-order valence-electron chi connectivity index (χ3n) is 1.62. The fraction of sp³-hybridized carbons (Fsp3) is 0.300. The average Bonchev–Trinajstić information content (AvgIpc) is 2.20. The van der Waals surface area contributed by atoms with Crippen LogP contribution in [0.1, 0.15) is 6.92 Å². The second kappa shape index (κ2) is 4.87. The van der Waals surface area contributed by atoms with E-state index in [9.17, 15) is 0 Å².